The largest absolute Gasteiger partial charge is 0.493 e. The summed E-state index contributed by atoms with van der Waals surface area (Å²) in [4.78, 5) is 21.7. The van der Waals surface area contributed by atoms with Crippen LogP contribution in [0.1, 0.15) is 25.0 Å². The Hall–Kier alpha value is -2.94. The van der Waals surface area contributed by atoms with Gasteiger partial charge >= 0.3 is 5.69 Å². The molecule has 0 spiro atoms. The summed E-state index contributed by atoms with van der Waals surface area (Å²) < 4.78 is 11.3. The summed E-state index contributed by atoms with van der Waals surface area (Å²) in [5.74, 6) is 1.46. The maximum Gasteiger partial charge on any atom is 0.353 e. The number of benzene rings is 1. The molecule has 9 nitrogen and oxygen atoms in total. The molecule has 2 aliphatic heterocycles. The number of fused-ring (bicyclic) bond motifs is 1. The van der Waals surface area contributed by atoms with E-state index in [4.69, 9.17) is 9.47 Å². The monoisotopic (exact) mass is 385 g/mol. The Balaban J connectivity index is 1.58. The van der Waals surface area contributed by atoms with E-state index in [-0.39, 0.29) is 23.7 Å². The molecule has 0 saturated carbocycles. The van der Waals surface area contributed by atoms with Gasteiger partial charge in [-0.2, -0.15) is 0 Å². The lowest BCUT2D eigenvalue weighted by atomic mass is 10.1. The van der Waals surface area contributed by atoms with Gasteiger partial charge in [0.15, 0.2) is 0 Å². The Morgan fingerprint density at radius 2 is 2.07 bits per heavy atom. The number of nitrogens with zero attached hydrogens (tertiary/aromatic N) is 4. The lowest BCUT2D eigenvalue weighted by Gasteiger charge is -2.35. The lowest BCUT2D eigenvalue weighted by molar-refractivity contribution is -0.383. The van der Waals surface area contributed by atoms with E-state index >= 15 is 0 Å². The van der Waals surface area contributed by atoms with Crippen molar-refractivity contribution < 1.29 is 14.4 Å². The molecule has 1 fully saturated rings. The van der Waals surface area contributed by atoms with Gasteiger partial charge in [-0.3, -0.25) is 10.1 Å². The summed E-state index contributed by atoms with van der Waals surface area (Å²) in [7, 11) is 0. The smallest absolute Gasteiger partial charge is 0.353 e. The first-order chi connectivity index (χ1) is 13.5. The number of morpholine rings is 1. The minimum absolute atomic E-state index is 0.0247. The van der Waals surface area contributed by atoms with Gasteiger partial charge in [-0.15, -0.1) is 0 Å². The maximum atomic E-state index is 11.8. The highest BCUT2D eigenvalue weighted by Gasteiger charge is 2.31. The molecule has 2 aromatic rings. The fraction of sp³-hybridized carbons (Fsp3) is 0.474. The lowest BCUT2D eigenvalue weighted by Crippen LogP contribution is -2.46. The number of nitrogens with one attached hydrogen (secondary N) is 1. The van der Waals surface area contributed by atoms with E-state index in [2.05, 4.69) is 21.4 Å². The van der Waals surface area contributed by atoms with Crippen LogP contribution >= 0.6 is 0 Å². The molecule has 1 aromatic heterocycles. The third kappa shape index (κ3) is 3.70. The second-order valence-electron chi connectivity index (χ2n) is 7.21. The summed E-state index contributed by atoms with van der Waals surface area (Å²) in [5.41, 5.74) is 2.08. The molecule has 0 radical (unpaired) electrons. The Morgan fingerprint density at radius 1 is 1.29 bits per heavy atom. The molecular formula is C19H23N5O4. The highest BCUT2D eigenvalue weighted by atomic mass is 16.6. The van der Waals surface area contributed by atoms with Crippen LogP contribution in [0.2, 0.25) is 0 Å². The van der Waals surface area contributed by atoms with E-state index in [1.54, 1.807) is 0 Å². The van der Waals surface area contributed by atoms with Crippen molar-refractivity contribution in [2.24, 2.45) is 0 Å². The van der Waals surface area contributed by atoms with E-state index in [0.29, 0.717) is 32.1 Å². The summed E-state index contributed by atoms with van der Waals surface area (Å²) >= 11 is 0. The molecule has 2 aliphatic rings. The number of nitro groups is 1. The minimum Gasteiger partial charge on any atom is -0.493 e. The van der Waals surface area contributed by atoms with Crippen molar-refractivity contribution in [2.45, 2.75) is 39.0 Å². The molecule has 1 N–H and O–H groups in total. The number of hydrogen-bond acceptors (Lipinski definition) is 8. The van der Waals surface area contributed by atoms with Crippen molar-refractivity contribution in [3.8, 4) is 5.75 Å². The molecular weight excluding hydrogens is 362 g/mol. The molecule has 3 heterocycles. The van der Waals surface area contributed by atoms with E-state index in [0.717, 1.165) is 23.3 Å². The number of rotatable bonds is 5. The molecule has 28 heavy (non-hydrogen) atoms. The summed E-state index contributed by atoms with van der Waals surface area (Å²) in [5, 5.41) is 14.9. The minimum atomic E-state index is -0.418. The maximum absolute atomic E-state index is 11.8. The Kier molecular flexibility index (Phi) is 4.99. The van der Waals surface area contributed by atoms with E-state index < -0.39 is 4.92 Å². The Morgan fingerprint density at radius 3 is 2.82 bits per heavy atom. The number of anilines is 2. The normalized spacial score (nSPS) is 21.1. The van der Waals surface area contributed by atoms with Crippen LogP contribution in [-0.2, 0) is 17.7 Å². The van der Waals surface area contributed by atoms with Crippen LogP contribution in [0.25, 0.3) is 0 Å². The van der Waals surface area contributed by atoms with Crippen molar-refractivity contribution >= 4 is 17.3 Å². The number of hydrogen-bond donors (Lipinski definition) is 1. The van der Waals surface area contributed by atoms with Gasteiger partial charge in [-0.1, -0.05) is 12.1 Å². The molecule has 4 rings (SSSR count). The van der Waals surface area contributed by atoms with Crippen LogP contribution in [0.4, 0.5) is 17.3 Å². The van der Waals surface area contributed by atoms with E-state index in [1.807, 2.05) is 30.9 Å². The van der Waals surface area contributed by atoms with Crippen molar-refractivity contribution in [2.75, 3.05) is 29.9 Å². The predicted molar refractivity (Wildman–Crippen MR) is 104 cm³/mol. The van der Waals surface area contributed by atoms with Crippen LogP contribution in [0, 0.1) is 10.1 Å². The fourth-order valence-corrected chi connectivity index (χ4v) is 3.78. The van der Waals surface area contributed by atoms with Crippen LogP contribution < -0.4 is 15.0 Å². The topological polar surface area (TPSA) is 103 Å². The zero-order chi connectivity index (χ0) is 19.7. The van der Waals surface area contributed by atoms with E-state index in [1.165, 1.54) is 6.33 Å². The molecule has 1 saturated heterocycles. The van der Waals surface area contributed by atoms with Gasteiger partial charge in [-0.05, 0) is 31.0 Å². The van der Waals surface area contributed by atoms with Gasteiger partial charge < -0.3 is 19.7 Å². The van der Waals surface area contributed by atoms with Gasteiger partial charge in [0, 0.05) is 26.1 Å². The number of aromatic nitrogens is 2. The molecule has 1 aromatic carbocycles. The second-order valence-corrected chi connectivity index (χ2v) is 7.21. The third-order valence-electron chi connectivity index (χ3n) is 4.92. The van der Waals surface area contributed by atoms with Gasteiger partial charge in [0.2, 0.25) is 11.6 Å². The molecule has 2 atom stereocenters. The van der Waals surface area contributed by atoms with Crippen molar-refractivity contribution in [1.82, 2.24) is 9.97 Å². The van der Waals surface area contributed by atoms with Gasteiger partial charge in [0.1, 0.15) is 12.1 Å². The zero-order valence-corrected chi connectivity index (χ0v) is 15.9. The van der Waals surface area contributed by atoms with Gasteiger partial charge in [0.05, 0.1) is 23.7 Å². The molecule has 2 unspecified atom stereocenters. The summed E-state index contributed by atoms with van der Waals surface area (Å²) in [6.07, 6.45) is 2.20. The zero-order valence-electron chi connectivity index (χ0n) is 15.9. The third-order valence-corrected chi connectivity index (χ3v) is 4.92. The molecule has 148 valence electrons. The first-order valence-corrected chi connectivity index (χ1v) is 9.39. The Labute approximate surface area is 162 Å². The summed E-state index contributed by atoms with van der Waals surface area (Å²) in [6, 6.07) is 5.96. The quantitative estimate of drug-likeness (QED) is 0.619. The predicted octanol–water partition coefficient (Wildman–Crippen LogP) is 2.55. The SMILES string of the molecule is CC1CN(c2ncnc(NCc3ccc4c(c3)CCO4)c2[N+](=O)[O-])CC(C)O1. The highest BCUT2D eigenvalue weighted by molar-refractivity contribution is 5.70. The molecule has 0 amide bonds. The Bertz CT molecular complexity index is 881. The number of ether oxygens (including phenoxy) is 2. The second kappa shape index (κ2) is 7.59. The van der Waals surface area contributed by atoms with Crippen molar-refractivity contribution in [1.29, 1.82) is 0 Å². The van der Waals surface area contributed by atoms with Crippen LogP contribution in [-0.4, -0.2) is 46.8 Å². The average Bonchev–Trinajstić information content (AvgIpc) is 3.13. The molecule has 0 aliphatic carbocycles. The van der Waals surface area contributed by atoms with Crippen LogP contribution in [0.15, 0.2) is 24.5 Å². The van der Waals surface area contributed by atoms with Crippen LogP contribution in [0.5, 0.6) is 5.75 Å². The molecule has 9 heteroatoms. The summed E-state index contributed by atoms with van der Waals surface area (Å²) in [6.45, 7) is 6.13. The highest BCUT2D eigenvalue weighted by Crippen LogP contribution is 2.34. The van der Waals surface area contributed by atoms with Gasteiger partial charge in [-0.25, -0.2) is 9.97 Å². The first kappa shape index (κ1) is 18.4. The molecule has 0 bridgehead atoms. The van der Waals surface area contributed by atoms with Crippen LogP contribution in [0.3, 0.4) is 0 Å². The average molecular weight is 385 g/mol. The van der Waals surface area contributed by atoms with Crippen molar-refractivity contribution in [3.63, 3.8) is 0 Å². The van der Waals surface area contributed by atoms with Gasteiger partial charge in [0.25, 0.3) is 0 Å². The standard InChI is InChI=1S/C19H23N5O4/c1-12-9-23(10-13(2)28-12)19-17(24(25)26)18(21-11-22-19)20-8-14-3-4-16-15(7-14)5-6-27-16/h3-4,7,11-13H,5-6,8-10H2,1-2H3,(H,20,21,22). The fourth-order valence-electron chi connectivity index (χ4n) is 3.78. The van der Waals surface area contributed by atoms with E-state index in [9.17, 15) is 10.1 Å². The van der Waals surface area contributed by atoms with Crippen molar-refractivity contribution in [3.05, 3.63) is 45.8 Å². The first-order valence-electron chi connectivity index (χ1n) is 9.39.